The molecule has 2 aromatic rings. The van der Waals surface area contributed by atoms with E-state index in [2.05, 4.69) is 31.9 Å². The number of methoxy groups -OCH3 is 1. The van der Waals surface area contributed by atoms with Crippen molar-refractivity contribution < 1.29 is 22.1 Å². The van der Waals surface area contributed by atoms with E-state index in [1.807, 2.05) is 0 Å². The van der Waals surface area contributed by atoms with Crippen LogP contribution in [0.2, 0.25) is 0 Å². The maximum atomic E-state index is 12.4. The van der Waals surface area contributed by atoms with Crippen LogP contribution >= 0.6 is 31.9 Å². The lowest BCUT2D eigenvalue weighted by Gasteiger charge is -2.11. The summed E-state index contributed by atoms with van der Waals surface area (Å²) in [6.45, 7) is 1.34. The summed E-state index contributed by atoms with van der Waals surface area (Å²) in [5.41, 5.74) is 0.176. The van der Waals surface area contributed by atoms with Crippen LogP contribution in [-0.2, 0) is 10.1 Å². The topological polar surface area (TPSA) is 69.7 Å². The molecule has 0 atom stereocenters. The zero-order valence-corrected chi connectivity index (χ0v) is 16.2. The molecule has 0 aromatic heterocycles. The zero-order chi connectivity index (χ0) is 17.2. The van der Waals surface area contributed by atoms with E-state index in [9.17, 15) is 13.2 Å². The number of Topliss-reactive ketones (excluding diaryl/α,β-unsaturated/α-hetero) is 1. The van der Waals surface area contributed by atoms with E-state index in [-0.39, 0.29) is 22.0 Å². The van der Waals surface area contributed by atoms with Crippen LogP contribution in [0, 0.1) is 0 Å². The summed E-state index contributed by atoms with van der Waals surface area (Å²) in [5.74, 6) is 0.178. The molecule has 0 spiro atoms. The van der Waals surface area contributed by atoms with Crippen molar-refractivity contribution in [3.63, 3.8) is 0 Å². The van der Waals surface area contributed by atoms with Gasteiger partial charge in [0.2, 0.25) is 0 Å². The van der Waals surface area contributed by atoms with Crippen LogP contribution in [0.4, 0.5) is 0 Å². The molecule has 0 saturated heterocycles. The predicted molar refractivity (Wildman–Crippen MR) is 92.7 cm³/mol. The molecule has 0 fully saturated rings. The molecule has 0 aliphatic rings. The van der Waals surface area contributed by atoms with Gasteiger partial charge in [0.1, 0.15) is 10.6 Å². The third-order valence-electron chi connectivity index (χ3n) is 2.93. The number of ketones is 1. The lowest BCUT2D eigenvalue weighted by atomic mass is 10.1. The minimum atomic E-state index is -4.08. The van der Waals surface area contributed by atoms with Crippen molar-refractivity contribution >= 4 is 47.8 Å². The smallest absolute Gasteiger partial charge is 0.339 e. The van der Waals surface area contributed by atoms with Gasteiger partial charge in [-0.25, -0.2) is 0 Å². The molecular weight excluding hydrogens is 452 g/mol. The summed E-state index contributed by atoms with van der Waals surface area (Å²) >= 11 is 6.46. The fraction of sp³-hybridized carbons (Fsp3) is 0.133. The van der Waals surface area contributed by atoms with Crippen LogP contribution in [0.3, 0.4) is 0 Å². The Labute approximate surface area is 151 Å². The minimum Gasteiger partial charge on any atom is -0.496 e. The van der Waals surface area contributed by atoms with Gasteiger partial charge in [0, 0.05) is 4.47 Å². The number of hydrogen-bond acceptors (Lipinski definition) is 5. The molecule has 0 aliphatic heterocycles. The highest BCUT2D eigenvalue weighted by Crippen LogP contribution is 2.30. The number of halogens is 2. The van der Waals surface area contributed by atoms with Crippen molar-refractivity contribution in [3.8, 4) is 11.5 Å². The first-order chi connectivity index (χ1) is 10.7. The second-order valence-corrected chi connectivity index (χ2v) is 7.85. The fourth-order valence-corrected chi connectivity index (χ4v) is 3.85. The van der Waals surface area contributed by atoms with Crippen molar-refractivity contribution in [1.29, 1.82) is 0 Å². The van der Waals surface area contributed by atoms with Crippen LogP contribution in [-0.4, -0.2) is 21.3 Å². The van der Waals surface area contributed by atoms with E-state index in [1.54, 1.807) is 6.07 Å². The van der Waals surface area contributed by atoms with Gasteiger partial charge >= 0.3 is 10.1 Å². The van der Waals surface area contributed by atoms with Crippen LogP contribution in [0.25, 0.3) is 0 Å². The van der Waals surface area contributed by atoms with Crippen molar-refractivity contribution in [2.24, 2.45) is 0 Å². The second kappa shape index (κ2) is 7.02. The van der Waals surface area contributed by atoms with Crippen LogP contribution in [0.5, 0.6) is 11.5 Å². The molecule has 8 heteroatoms. The summed E-state index contributed by atoms with van der Waals surface area (Å²) in [6, 6.07) is 8.79. The summed E-state index contributed by atoms with van der Waals surface area (Å²) in [6.07, 6.45) is 0. The number of hydrogen-bond donors (Lipinski definition) is 0. The normalized spacial score (nSPS) is 11.1. The minimum absolute atomic E-state index is 0.0207. The van der Waals surface area contributed by atoms with Crippen LogP contribution in [0.15, 0.2) is 50.2 Å². The van der Waals surface area contributed by atoms with Crippen LogP contribution < -0.4 is 8.92 Å². The highest BCUT2D eigenvalue weighted by Gasteiger charge is 2.21. The average molecular weight is 464 g/mol. The third-order valence-corrected chi connectivity index (χ3v) is 5.28. The standard InChI is InChI=1S/C15H12Br2O5S/c1-9(18)12-7-10(16)3-5-14(12)22-23(19,20)11-4-6-15(21-2)13(17)8-11/h3-8H,1-2H3. The molecule has 0 bridgehead atoms. The lowest BCUT2D eigenvalue weighted by Crippen LogP contribution is -2.12. The van der Waals surface area contributed by atoms with E-state index >= 15 is 0 Å². The second-order valence-electron chi connectivity index (χ2n) is 4.53. The van der Waals surface area contributed by atoms with Gasteiger partial charge in [-0.15, -0.1) is 0 Å². The molecule has 0 amide bonds. The number of ether oxygens (including phenoxy) is 1. The van der Waals surface area contributed by atoms with Gasteiger partial charge in [-0.1, -0.05) is 15.9 Å². The first kappa shape index (κ1) is 18.0. The Morgan fingerprint density at radius 2 is 1.70 bits per heavy atom. The highest BCUT2D eigenvalue weighted by atomic mass is 79.9. The Hall–Kier alpha value is -1.38. The molecule has 2 rings (SSSR count). The third kappa shape index (κ3) is 4.13. The first-order valence-electron chi connectivity index (χ1n) is 6.33. The van der Waals surface area contributed by atoms with Gasteiger partial charge in [-0.2, -0.15) is 8.42 Å². The fourth-order valence-electron chi connectivity index (χ4n) is 1.82. The number of carbonyl (C=O) groups is 1. The van der Waals surface area contributed by atoms with Gasteiger partial charge in [-0.3, -0.25) is 4.79 Å². The van der Waals surface area contributed by atoms with Gasteiger partial charge in [0.05, 0.1) is 17.1 Å². The van der Waals surface area contributed by atoms with Crippen molar-refractivity contribution in [1.82, 2.24) is 0 Å². The molecule has 0 radical (unpaired) electrons. The molecule has 0 saturated carbocycles. The molecule has 0 aliphatic carbocycles. The van der Waals surface area contributed by atoms with Gasteiger partial charge < -0.3 is 8.92 Å². The van der Waals surface area contributed by atoms with E-state index < -0.39 is 10.1 Å². The molecule has 0 unspecified atom stereocenters. The Kier molecular flexibility index (Phi) is 5.49. The molecule has 2 aromatic carbocycles. The quantitative estimate of drug-likeness (QED) is 0.491. The maximum absolute atomic E-state index is 12.4. The first-order valence-corrected chi connectivity index (χ1v) is 9.32. The summed E-state index contributed by atoms with van der Waals surface area (Å²) in [7, 11) is -2.60. The predicted octanol–water partition coefficient (Wildman–Crippen LogP) is 4.19. The van der Waals surface area contributed by atoms with E-state index in [1.165, 1.54) is 44.4 Å². The summed E-state index contributed by atoms with van der Waals surface area (Å²) in [5, 5.41) is 0. The molecule has 122 valence electrons. The number of benzene rings is 2. The molecule has 0 heterocycles. The Morgan fingerprint density at radius 1 is 1.04 bits per heavy atom. The SMILES string of the molecule is COc1ccc(S(=O)(=O)Oc2ccc(Br)cc2C(C)=O)cc1Br. The molecule has 23 heavy (non-hydrogen) atoms. The van der Waals surface area contributed by atoms with E-state index in [0.717, 1.165) is 0 Å². The van der Waals surface area contributed by atoms with Crippen molar-refractivity contribution in [2.75, 3.05) is 7.11 Å². The zero-order valence-electron chi connectivity index (χ0n) is 12.2. The molecule has 0 N–H and O–H groups in total. The summed E-state index contributed by atoms with van der Waals surface area (Å²) in [4.78, 5) is 11.6. The van der Waals surface area contributed by atoms with Crippen LogP contribution in [0.1, 0.15) is 17.3 Å². The van der Waals surface area contributed by atoms with Crippen molar-refractivity contribution in [2.45, 2.75) is 11.8 Å². The molecule has 5 nitrogen and oxygen atoms in total. The number of carbonyl (C=O) groups excluding carboxylic acids is 1. The Balaban J connectivity index is 2.43. The monoisotopic (exact) mass is 462 g/mol. The Morgan fingerprint density at radius 3 is 2.26 bits per heavy atom. The van der Waals surface area contributed by atoms with E-state index in [4.69, 9.17) is 8.92 Å². The van der Waals surface area contributed by atoms with Crippen molar-refractivity contribution in [3.05, 3.63) is 50.9 Å². The average Bonchev–Trinajstić information content (AvgIpc) is 2.48. The Bertz CT molecular complexity index is 862. The largest absolute Gasteiger partial charge is 0.496 e. The molecular formula is C15H12Br2O5S. The van der Waals surface area contributed by atoms with E-state index in [0.29, 0.717) is 14.7 Å². The van der Waals surface area contributed by atoms with Gasteiger partial charge in [0.15, 0.2) is 11.5 Å². The highest BCUT2D eigenvalue weighted by molar-refractivity contribution is 9.10. The summed E-state index contributed by atoms with van der Waals surface area (Å²) < 4.78 is 36.1. The lowest BCUT2D eigenvalue weighted by molar-refractivity contribution is 0.101. The number of rotatable bonds is 5. The maximum Gasteiger partial charge on any atom is 0.339 e. The van der Waals surface area contributed by atoms with Gasteiger partial charge in [0.25, 0.3) is 0 Å². The van der Waals surface area contributed by atoms with Gasteiger partial charge in [-0.05, 0) is 59.3 Å².